The highest BCUT2D eigenvalue weighted by Gasteiger charge is 2.19. The van der Waals surface area contributed by atoms with Gasteiger partial charge in [-0.1, -0.05) is 18.2 Å². The van der Waals surface area contributed by atoms with Crippen molar-refractivity contribution in [3.63, 3.8) is 0 Å². The Morgan fingerprint density at radius 3 is 2.25 bits per heavy atom. The molecule has 0 N–H and O–H groups in total. The molecule has 0 aliphatic carbocycles. The monoisotopic (exact) mass is 335 g/mol. The topological polar surface area (TPSA) is 104 Å². The van der Waals surface area contributed by atoms with Gasteiger partial charge >= 0.3 is 17.7 Å². The lowest BCUT2D eigenvalue weighted by molar-refractivity contribution is -0.146. The van der Waals surface area contributed by atoms with Crippen molar-refractivity contribution in [3.8, 4) is 11.5 Å². The van der Waals surface area contributed by atoms with Gasteiger partial charge in [0.25, 0.3) is 0 Å². The first-order chi connectivity index (χ1) is 11.5. The summed E-state index contributed by atoms with van der Waals surface area (Å²) in [6.07, 6.45) is 0. The van der Waals surface area contributed by atoms with Gasteiger partial charge in [0, 0.05) is 5.56 Å². The van der Waals surface area contributed by atoms with E-state index in [1.807, 2.05) is 6.07 Å². The average molecular weight is 335 g/mol. The van der Waals surface area contributed by atoms with Gasteiger partial charge < -0.3 is 13.9 Å². The van der Waals surface area contributed by atoms with Crippen LogP contribution in [0.5, 0.6) is 0 Å². The first kappa shape index (κ1) is 17.4. The second kappa shape index (κ2) is 8.06. The fourth-order valence-electron chi connectivity index (χ4n) is 1.93. The number of nitrogens with zero attached hydrogens (tertiary/aromatic N) is 3. The molecule has 24 heavy (non-hydrogen) atoms. The SMILES string of the molecule is COC(=O)CN(CC(=O)OC)Cn1nc(-c2ccccc2)oc1=O. The van der Waals surface area contributed by atoms with Crippen molar-refractivity contribution >= 4 is 11.9 Å². The summed E-state index contributed by atoms with van der Waals surface area (Å²) >= 11 is 0. The maximum Gasteiger partial charge on any atom is 0.438 e. The Morgan fingerprint density at radius 1 is 1.12 bits per heavy atom. The smallest absolute Gasteiger partial charge is 0.438 e. The van der Waals surface area contributed by atoms with E-state index in [1.54, 1.807) is 24.3 Å². The zero-order valence-electron chi connectivity index (χ0n) is 13.3. The van der Waals surface area contributed by atoms with E-state index < -0.39 is 17.7 Å². The Balaban J connectivity index is 2.19. The lowest BCUT2D eigenvalue weighted by Gasteiger charge is -2.18. The van der Waals surface area contributed by atoms with Crippen LogP contribution < -0.4 is 5.76 Å². The molecule has 1 aromatic heterocycles. The number of hydrogen-bond acceptors (Lipinski definition) is 8. The zero-order valence-corrected chi connectivity index (χ0v) is 13.3. The molecule has 0 bridgehead atoms. The molecule has 0 saturated carbocycles. The molecule has 0 spiro atoms. The van der Waals surface area contributed by atoms with E-state index >= 15 is 0 Å². The van der Waals surface area contributed by atoms with Crippen LogP contribution in [0.15, 0.2) is 39.5 Å². The molecule has 1 aromatic carbocycles. The van der Waals surface area contributed by atoms with Gasteiger partial charge in [0.1, 0.15) is 6.67 Å². The molecular formula is C15H17N3O6. The van der Waals surface area contributed by atoms with Crippen LogP contribution >= 0.6 is 0 Å². The maximum atomic E-state index is 11.9. The average Bonchev–Trinajstić information content (AvgIpc) is 2.96. The predicted octanol–water partition coefficient (Wildman–Crippen LogP) is 0.109. The number of carbonyl (C=O) groups is 2. The summed E-state index contributed by atoms with van der Waals surface area (Å²) in [7, 11) is 2.46. The minimum Gasteiger partial charge on any atom is -0.468 e. The van der Waals surface area contributed by atoms with Gasteiger partial charge in [0.05, 0.1) is 27.3 Å². The van der Waals surface area contributed by atoms with E-state index in [4.69, 9.17) is 4.42 Å². The van der Waals surface area contributed by atoms with E-state index in [1.165, 1.54) is 19.1 Å². The second-order valence-corrected chi connectivity index (χ2v) is 4.82. The molecule has 9 heteroatoms. The maximum absolute atomic E-state index is 11.9. The fourth-order valence-corrected chi connectivity index (χ4v) is 1.93. The Kier molecular flexibility index (Phi) is 5.85. The quantitative estimate of drug-likeness (QED) is 0.657. The Morgan fingerprint density at radius 2 is 1.71 bits per heavy atom. The molecule has 0 aliphatic heterocycles. The molecule has 0 saturated heterocycles. The van der Waals surface area contributed by atoms with Crippen LogP contribution in [0.4, 0.5) is 0 Å². The molecule has 0 atom stereocenters. The highest BCUT2D eigenvalue weighted by atomic mass is 16.5. The van der Waals surface area contributed by atoms with Crippen LogP contribution in [-0.2, 0) is 25.7 Å². The molecule has 0 unspecified atom stereocenters. The largest absolute Gasteiger partial charge is 0.468 e. The summed E-state index contributed by atoms with van der Waals surface area (Å²) < 4.78 is 15.3. The number of ether oxygens (including phenoxy) is 2. The van der Waals surface area contributed by atoms with Gasteiger partial charge in [0.15, 0.2) is 0 Å². The van der Waals surface area contributed by atoms with Crippen molar-refractivity contribution in [1.82, 2.24) is 14.7 Å². The Hall–Kier alpha value is -2.94. The normalized spacial score (nSPS) is 10.6. The zero-order chi connectivity index (χ0) is 17.5. The highest BCUT2D eigenvalue weighted by Crippen LogP contribution is 2.14. The number of hydrogen-bond donors (Lipinski definition) is 0. The Labute approximate surface area is 137 Å². The summed E-state index contributed by atoms with van der Waals surface area (Å²) in [5.74, 6) is -1.66. The number of benzene rings is 1. The van der Waals surface area contributed by atoms with Gasteiger partial charge in [0.2, 0.25) is 5.89 Å². The van der Waals surface area contributed by atoms with Gasteiger partial charge in [-0.05, 0) is 12.1 Å². The van der Waals surface area contributed by atoms with E-state index in [2.05, 4.69) is 14.6 Å². The van der Waals surface area contributed by atoms with E-state index in [0.29, 0.717) is 5.56 Å². The third-order valence-corrected chi connectivity index (χ3v) is 3.12. The first-order valence-electron chi connectivity index (χ1n) is 7.03. The molecule has 0 aliphatic rings. The van der Waals surface area contributed by atoms with Crippen LogP contribution in [-0.4, -0.2) is 53.9 Å². The molecule has 2 aromatic rings. The number of esters is 2. The molecule has 9 nitrogen and oxygen atoms in total. The lowest BCUT2D eigenvalue weighted by atomic mass is 10.2. The summed E-state index contributed by atoms with van der Waals surface area (Å²) in [5, 5.41) is 4.08. The second-order valence-electron chi connectivity index (χ2n) is 4.82. The Bertz CT molecular complexity index is 734. The van der Waals surface area contributed by atoms with Crippen molar-refractivity contribution in [2.45, 2.75) is 6.67 Å². The number of aromatic nitrogens is 2. The fraction of sp³-hybridized carbons (Fsp3) is 0.333. The number of methoxy groups -OCH3 is 2. The molecular weight excluding hydrogens is 318 g/mol. The van der Waals surface area contributed by atoms with Crippen LogP contribution in [0.1, 0.15) is 0 Å². The third kappa shape index (κ3) is 4.53. The van der Waals surface area contributed by atoms with Gasteiger partial charge in [-0.2, -0.15) is 4.68 Å². The summed E-state index contributed by atoms with van der Waals surface area (Å²) in [5.41, 5.74) is 0.640. The van der Waals surface area contributed by atoms with Gasteiger partial charge in [-0.15, -0.1) is 5.10 Å². The minimum atomic E-state index is -0.700. The van der Waals surface area contributed by atoms with Crippen molar-refractivity contribution in [2.75, 3.05) is 27.3 Å². The van der Waals surface area contributed by atoms with Gasteiger partial charge in [-0.3, -0.25) is 14.5 Å². The standard InChI is InChI=1S/C15H17N3O6/c1-22-12(19)8-17(9-13(20)23-2)10-18-15(21)24-14(16-18)11-6-4-3-5-7-11/h3-7H,8-10H2,1-2H3. The van der Waals surface area contributed by atoms with E-state index in [0.717, 1.165) is 4.68 Å². The summed E-state index contributed by atoms with van der Waals surface area (Å²) in [6, 6.07) is 8.89. The molecule has 0 amide bonds. The van der Waals surface area contributed by atoms with E-state index in [9.17, 15) is 14.4 Å². The minimum absolute atomic E-state index is 0.126. The molecule has 1 heterocycles. The number of carbonyl (C=O) groups excluding carboxylic acids is 2. The molecule has 0 radical (unpaired) electrons. The van der Waals surface area contributed by atoms with Crippen molar-refractivity contribution in [2.24, 2.45) is 0 Å². The predicted molar refractivity (Wildman–Crippen MR) is 81.8 cm³/mol. The lowest BCUT2D eigenvalue weighted by Crippen LogP contribution is -2.39. The first-order valence-corrected chi connectivity index (χ1v) is 7.03. The van der Waals surface area contributed by atoms with Crippen LogP contribution in [0.3, 0.4) is 0 Å². The third-order valence-electron chi connectivity index (χ3n) is 3.12. The van der Waals surface area contributed by atoms with Gasteiger partial charge in [-0.25, -0.2) is 4.79 Å². The van der Waals surface area contributed by atoms with Crippen LogP contribution in [0.25, 0.3) is 11.5 Å². The summed E-state index contributed by atoms with van der Waals surface area (Å²) in [6.45, 7) is -0.531. The molecule has 0 fully saturated rings. The molecule has 128 valence electrons. The van der Waals surface area contributed by atoms with Crippen molar-refractivity contribution < 1.29 is 23.5 Å². The van der Waals surface area contributed by atoms with E-state index in [-0.39, 0.29) is 25.6 Å². The van der Waals surface area contributed by atoms with Crippen LogP contribution in [0, 0.1) is 0 Å². The molecule has 2 rings (SSSR count). The summed E-state index contributed by atoms with van der Waals surface area (Å²) in [4.78, 5) is 36.2. The highest BCUT2D eigenvalue weighted by molar-refractivity contribution is 5.74. The van der Waals surface area contributed by atoms with Crippen molar-refractivity contribution in [1.29, 1.82) is 0 Å². The van der Waals surface area contributed by atoms with Crippen LogP contribution in [0.2, 0.25) is 0 Å². The number of rotatable bonds is 7. The van der Waals surface area contributed by atoms with Crippen molar-refractivity contribution in [3.05, 3.63) is 40.9 Å².